The Morgan fingerprint density at radius 3 is 2.45 bits per heavy atom. The maximum Gasteiger partial charge on any atom is 0.237 e. The van der Waals surface area contributed by atoms with E-state index >= 15 is 0 Å². The molecule has 0 aromatic heterocycles. The number of hydrogen-bond acceptors (Lipinski definition) is 2. The first-order valence-electron chi connectivity index (χ1n) is 3.44. The van der Waals surface area contributed by atoms with Crippen molar-refractivity contribution in [1.29, 1.82) is 0 Å². The molecule has 0 aromatic carbocycles. The van der Waals surface area contributed by atoms with Crippen LogP contribution in [0.4, 0.5) is 0 Å². The number of nitrogens with one attached hydrogen (secondary N) is 1. The van der Waals surface area contributed by atoms with Gasteiger partial charge in [0.1, 0.15) is 0 Å². The Balaban J connectivity index is 4.15. The normalized spacial score (nSPS) is 13.6. The second kappa shape index (κ2) is 3.40. The minimum Gasteiger partial charge on any atom is -0.368 e. The number of rotatable bonds is 3. The van der Waals surface area contributed by atoms with Crippen molar-refractivity contribution in [3.05, 3.63) is 0 Å². The van der Waals surface area contributed by atoms with E-state index in [0.29, 0.717) is 0 Å². The van der Waals surface area contributed by atoms with Gasteiger partial charge in [-0.3, -0.25) is 10.1 Å². The Kier molecular flexibility index (Phi) is 3.09. The predicted octanol–water partition coefficient (Wildman–Crippen LogP) is -0.138. The van der Waals surface area contributed by atoms with Crippen molar-refractivity contribution in [3.63, 3.8) is 0 Å². The lowest BCUT2D eigenvalue weighted by Crippen LogP contribution is -2.53. The molecule has 1 amide bonds. The minimum atomic E-state index is -0.730. The zero-order valence-electron chi connectivity index (χ0n) is 7.14. The van der Waals surface area contributed by atoms with E-state index < -0.39 is 11.4 Å². The lowest BCUT2D eigenvalue weighted by atomic mass is 10.0. The molecule has 0 aliphatic heterocycles. The predicted molar refractivity (Wildman–Crippen MR) is 44.7 cm³/mol. The van der Waals surface area contributed by atoms with Crippen molar-refractivity contribution in [2.45, 2.75) is 32.4 Å². The van der Waals surface area contributed by atoms with Gasteiger partial charge in [0.25, 0.3) is 0 Å². The molecule has 0 radical (unpaired) electrons. The molecule has 0 rings (SSSR count). The Labute approximate surface area is 67.3 Å². The number of carbonyl (C=O) groups is 1. The van der Waals surface area contributed by atoms with Crippen molar-refractivity contribution in [1.82, 2.24) is 5.32 Å². The number of carbonyl (C=O) groups excluding carboxylic acids is 1. The molecular formula is C8H14N2O. The van der Waals surface area contributed by atoms with E-state index in [1.54, 1.807) is 20.8 Å². The van der Waals surface area contributed by atoms with Crippen LogP contribution in [0.3, 0.4) is 0 Å². The van der Waals surface area contributed by atoms with Gasteiger partial charge < -0.3 is 5.73 Å². The number of terminal acetylenes is 1. The number of primary amides is 1. The lowest BCUT2D eigenvalue weighted by Gasteiger charge is -2.24. The molecule has 0 aliphatic rings. The van der Waals surface area contributed by atoms with E-state index in [4.69, 9.17) is 12.2 Å². The molecule has 1 unspecified atom stereocenters. The minimum absolute atomic E-state index is 0.141. The maximum absolute atomic E-state index is 10.8. The van der Waals surface area contributed by atoms with Crippen molar-refractivity contribution in [2.75, 3.05) is 0 Å². The van der Waals surface area contributed by atoms with Crippen LogP contribution in [-0.2, 0) is 4.79 Å². The third-order valence-electron chi connectivity index (χ3n) is 1.44. The van der Waals surface area contributed by atoms with E-state index in [1.165, 1.54) is 0 Å². The van der Waals surface area contributed by atoms with Crippen LogP contribution >= 0.6 is 0 Å². The molecule has 0 spiro atoms. The molecule has 0 saturated heterocycles. The average Bonchev–Trinajstić information content (AvgIpc) is 1.86. The van der Waals surface area contributed by atoms with Gasteiger partial charge in [-0.25, -0.2) is 0 Å². The number of amides is 1. The summed E-state index contributed by atoms with van der Waals surface area (Å²) < 4.78 is 0. The van der Waals surface area contributed by atoms with Gasteiger partial charge in [-0.15, -0.1) is 6.42 Å². The molecule has 3 heteroatoms. The molecule has 62 valence electrons. The summed E-state index contributed by atoms with van der Waals surface area (Å²) in [6.45, 7) is 5.19. The largest absolute Gasteiger partial charge is 0.368 e. The smallest absolute Gasteiger partial charge is 0.237 e. The lowest BCUT2D eigenvalue weighted by molar-refractivity contribution is -0.123. The van der Waals surface area contributed by atoms with Crippen LogP contribution < -0.4 is 11.1 Å². The van der Waals surface area contributed by atoms with Crippen molar-refractivity contribution in [2.24, 2.45) is 5.73 Å². The summed E-state index contributed by atoms with van der Waals surface area (Å²) >= 11 is 0. The average molecular weight is 154 g/mol. The Morgan fingerprint density at radius 1 is 1.73 bits per heavy atom. The summed E-state index contributed by atoms with van der Waals surface area (Å²) in [5.74, 6) is 2.05. The van der Waals surface area contributed by atoms with Gasteiger partial charge in [-0.1, -0.05) is 5.92 Å². The van der Waals surface area contributed by atoms with Crippen LogP contribution in [0, 0.1) is 12.3 Å². The fourth-order valence-corrected chi connectivity index (χ4v) is 0.654. The summed E-state index contributed by atoms with van der Waals surface area (Å²) in [7, 11) is 0. The molecule has 0 bridgehead atoms. The van der Waals surface area contributed by atoms with E-state index in [0.717, 1.165) is 0 Å². The van der Waals surface area contributed by atoms with Crippen LogP contribution in [0.25, 0.3) is 0 Å². The SMILES string of the molecule is C#CC(C)NC(C)(C)C(N)=O. The monoisotopic (exact) mass is 154 g/mol. The third-order valence-corrected chi connectivity index (χ3v) is 1.44. The Morgan fingerprint density at radius 2 is 2.18 bits per heavy atom. The van der Waals surface area contributed by atoms with E-state index in [-0.39, 0.29) is 6.04 Å². The highest BCUT2D eigenvalue weighted by atomic mass is 16.1. The van der Waals surface area contributed by atoms with Gasteiger partial charge >= 0.3 is 0 Å². The maximum atomic E-state index is 10.8. The molecule has 0 aliphatic carbocycles. The highest BCUT2D eigenvalue weighted by molar-refractivity contribution is 5.83. The van der Waals surface area contributed by atoms with Crippen LogP contribution in [0.5, 0.6) is 0 Å². The summed E-state index contributed by atoms with van der Waals surface area (Å²) in [5.41, 5.74) is 4.37. The van der Waals surface area contributed by atoms with Crippen molar-refractivity contribution >= 4 is 5.91 Å². The molecule has 0 heterocycles. The molecule has 0 saturated carbocycles. The van der Waals surface area contributed by atoms with E-state index in [2.05, 4.69) is 11.2 Å². The van der Waals surface area contributed by atoms with Crippen molar-refractivity contribution < 1.29 is 4.79 Å². The van der Waals surface area contributed by atoms with Gasteiger partial charge in [0.05, 0.1) is 11.6 Å². The summed E-state index contributed by atoms with van der Waals surface area (Å²) in [6, 6.07) is -0.141. The molecule has 3 nitrogen and oxygen atoms in total. The van der Waals surface area contributed by atoms with E-state index in [9.17, 15) is 4.79 Å². The topological polar surface area (TPSA) is 55.1 Å². The van der Waals surface area contributed by atoms with Gasteiger partial charge in [0, 0.05) is 0 Å². The highest BCUT2D eigenvalue weighted by Crippen LogP contribution is 2.01. The Hall–Kier alpha value is -1.01. The third kappa shape index (κ3) is 3.06. The first-order chi connectivity index (χ1) is 4.90. The van der Waals surface area contributed by atoms with Gasteiger partial charge in [0.2, 0.25) is 5.91 Å². The Bertz CT molecular complexity index is 191. The second-order valence-corrected chi connectivity index (χ2v) is 3.02. The van der Waals surface area contributed by atoms with Crippen LogP contribution in [0.2, 0.25) is 0 Å². The second-order valence-electron chi connectivity index (χ2n) is 3.02. The zero-order valence-corrected chi connectivity index (χ0v) is 7.14. The summed E-state index contributed by atoms with van der Waals surface area (Å²) in [4.78, 5) is 10.8. The molecular weight excluding hydrogens is 140 g/mol. The fraction of sp³-hybridized carbons (Fsp3) is 0.625. The van der Waals surface area contributed by atoms with Crippen LogP contribution in [0.1, 0.15) is 20.8 Å². The number of hydrogen-bond donors (Lipinski definition) is 2. The quantitative estimate of drug-likeness (QED) is 0.556. The molecule has 0 aromatic rings. The van der Waals surface area contributed by atoms with Gasteiger partial charge in [-0.2, -0.15) is 0 Å². The molecule has 0 fully saturated rings. The molecule has 1 atom stereocenters. The van der Waals surface area contributed by atoms with Crippen molar-refractivity contribution in [3.8, 4) is 12.3 Å². The van der Waals surface area contributed by atoms with Gasteiger partial charge in [0.15, 0.2) is 0 Å². The van der Waals surface area contributed by atoms with Crippen LogP contribution in [-0.4, -0.2) is 17.5 Å². The van der Waals surface area contributed by atoms with E-state index in [1.807, 2.05) is 0 Å². The first-order valence-corrected chi connectivity index (χ1v) is 3.44. The molecule has 11 heavy (non-hydrogen) atoms. The summed E-state index contributed by atoms with van der Waals surface area (Å²) in [5, 5.41) is 2.89. The highest BCUT2D eigenvalue weighted by Gasteiger charge is 2.25. The fourth-order valence-electron chi connectivity index (χ4n) is 0.654. The summed E-state index contributed by atoms with van der Waals surface area (Å²) in [6.07, 6.45) is 5.11. The molecule has 3 N–H and O–H groups in total. The zero-order chi connectivity index (χ0) is 9.07. The van der Waals surface area contributed by atoms with Crippen LogP contribution in [0.15, 0.2) is 0 Å². The standard InChI is InChI=1S/C8H14N2O/c1-5-6(2)10-8(3,4)7(9)11/h1,6,10H,2-4H3,(H2,9,11). The van der Waals surface area contributed by atoms with Gasteiger partial charge in [-0.05, 0) is 20.8 Å². The number of nitrogens with two attached hydrogens (primary N) is 1. The first kappa shape index (κ1) is 9.99.